The summed E-state index contributed by atoms with van der Waals surface area (Å²) in [6.07, 6.45) is 0. The second-order valence-corrected chi connectivity index (χ2v) is 2.75. The fourth-order valence-electron chi connectivity index (χ4n) is 0.552. The van der Waals surface area contributed by atoms with Crippen LogP contribution in [0.5, 0.6) is 0 Å². The summed E-state index contributed by atoms with van der Waals surface area (Å²) in [6, 6.07) is 9.59. The summed E-state index contributed by atoms with van der Waals surface area (Å²) < 4.78 is 1.01. The molecule has 1 nitrogen and oxygen atoms in total. The first kappa shape index (κ1) is 10.0. The van der Waals surface area contributed by atoms with Gasteiger partial charge < -0.3 is 0 Å². The molecule has 0 aliphatic carbocycles. The van der Waals surface area contributed by atoms with E-state index in [0.29, 0.717) is 0 Å². The maximum Gasteiger partial charge on any atom is 0.100 e. The van der Waals surface area contributed by atoms with Crippen LogP contribution in [0.4, 0.5) is 0 Å². The third-order valence-corrected chi connectivity index (χ3v) is 1.93. The van der Waals surface area contributed by atoms with Crippen LogP contribution < -0.4 is 0 Å². The van der Waals surface area contributed by atoms with E-state index in [1.807, 2.05) is 24.3 Å². The summed E-state index contributed by atoms with van der Waals surface area (Å²) in [5.74, 6) is 0. The normalized spacial score (nSPS) is 7.60. The van der Waals surface area contributed by atoms with Gasteiger partial charge in [-0.15, -0.1) is 0 Å². The van der Waals surface area contributed by atoms with E-state index < -0.39 is 0 Å². The van der Waals surface area contributed by atoms with Crippen molar-refractivity contribution >= 4 is 41.5 Å². The van der Waals surface area contributed by atoms with Crippen LogP contribution in [-0.2, 0) is 0 Å². The largest absolute Gasteiger partial charge is 0.192 e. The number of hydrogen-bond acceptors (Lipinski definition) is 1. The molecule has 45 valence electrons. The zero-order chi connectivity index (χ0) is 6.69. The summed E-state index contributed by atoms with van der Waals surface area (Å²) in [5, 5.41) is 8.46. The first-order valence-corrected chi connectivity index (χ1v) is 3.57. The Kier molecular flexibility index (Phi) is 4.81. The Balaban J connectivity index is 0.000000810. The third-order valence-electron chi connectivity index (χ3n) is 0.994. The van der Waals surface area contributed by atoms with E-state index in [4.69, 9.17) is 5.26 Å². The van der Waals surface area contributed by atoms with Crippen molar-refractivity contribution in [2.45, 2.75) is 0 Å². The Hall–Kier alpha value is 0.0374. The van der Waals surface area contributed by atoms with Crippen molar-refractivity contribution in [3.63, 3.8) is 0 Å². The summed E-state index contributed by atoms with van der Waals surface area (Å²) in [5.41, 5.74) is 0.748. The van der Waals surface area contributed by atoms with E-state index >= 15 is 0 Å². The molecule has 0 saturated heterocycles. The van der Waals surface area contributed by atoms with Crippen molar-refractivity contribution in [3.05, 3.63) is 33.4 Å². The summed E-state index contributed by atoms with van der Waals surface area (Å²) in [4.78, 5) is 0. The number of benzene rings is 1. The van der Waals surface area contributed by atoms with Gasteiger partial charge in [0.25, 0.3) is 0 Å². The molecule has 3 heteroatoms. The molecular formula is C7H4ILiN. The van der Waals surface area contributed by atoms with Crippen LogP contribution in [0.15, 0.2) is 24.3 Å². The third kappa shape index (κ3) is 2.34. The predicted octanol–water partition coefficient (Wildman–Crippen LogP) is 1.78. The molecule has 0 unspecified atom stereocenters. The predicted molar refractivity (Wildman–Crippen MR) is 49.6 cm³/mol. The maximum atomic E-state index is 8.46. The second-order valence-electron chi connectivity index (χ2n) is 1.59. The molecule has 0 aliphatic heterocycles. The molecule has 1 rings (SSSR count). The van der Waals surface area contributed by atoms with Crippen LogP contribution >= 0.6 is 22.6 Å². The fraction of sp³-hybridized carbons (Fsp3) is 0. The first-order chi connectivity index (χ1) is 4.34. The molecule has 0 aromatic heterocycles. The Labute approximate surface area is 85.7 Å². The number of rotatable bonds is 0. The van der Waals surface area contributed by atoms with Gasteiger partial charge in [-0.3, -0.25) is 0 Å². The molecule has 0 N–H and O–H groups in total. The number of nitriles is 1. The molecule has 0 atom stereocenters. The van der Waals surface area contributed by atoms with Crippen molar-refractivity contribution in [2.24, 2.45) is 0 Å². The standard InChI is InChI=1S/C7H4IN.Li/c8-7-4-2-1-3-6(7)5-9;/h1-4H;. The molecule has 1 radical (unpaired) electrons. The van der Waals surface area contributed by atoms with E-state index in [-0.39, 0.29) is 18.9 Å². The van der Waals surface area contributed by atoms with E-state index in [1.165, 1.54) is 0 Å². The average molecular weight is 236 g/mol. The zero-order valence-electron chi connectivity index (χ0n) is 5.63. The van der Waals surface area contributed by atoms with Crippen molar-refractivity contribution in [2.75, 3.05) is 0 Å². The molecule has 1 aromatic carbocycles. The van der Waals surface area contributed by atoms with Crippen LogP contribution in [0, 0.1) is 14.9 Å². The molecule has 10 heavy (non-hydrogen) atoms. The van der Waals surface area contributed by atoms with Gasteiger partial charge in [0.05, 0.1) is 5.56 Å². The van der Waals surface area contributed by atoms with Gasteiger partial charge in [0.15, 0.2) is 0 Å². The van der Waals surface area contributed by atoms with Gasteiger partial charge >= 0.3 is 0 Å². The average Bonchev–Trinajstić information content (AvgIpc) is 1.89. The zero-order valence-corrected chi connectivity index (χ0v) is 7.79. The van der Waals surface area contributed by atoms with Gasteiger partial charge in [-0.25, -0.2) is 0 Å². The molecule has 1 aromatic rings. The smallest absolute Gasteiger partial charge is 0.100 e. The van der Waals surface area contributed by atoms with Crippen LogP contribution in [0.1, 0.15) is 5.56 Å². The molecule has 0 amide bonds. The van der Waals surface area contributed by atoms with Crippen molar-refractivity contribution in [3.8, 4) is 6.07 Å². The van der Waals surface area contributed by atoms with Gasteiger partial charge in [0.1, 0.15) is 6.07 Å². The van der Waals surface area contributed by atoms with Crippen molar-refractivity contribution in [1.29, 1.82) is 5.26 Å². The number of nitrogens with zero attached hydrogens (tertiary/aromatic N) is 1. The minimum Gasteiger partial charge on any atom is -0.192 e. The summed E-state index contributed by atoms with van der Waals surface area (Å²) in [7, 11) is 0. The van der Waals surface area contributed by atoms with Gasteiger partial charge in [-0.05, 0) is 34.7 Å². The van der Waals surface area contributed by atoms with Crippen LogP contribution in [0.3, 0.4) is 0 Å². The van der Waals surface area contributed by atoms with E-state index in [9.17, 15) is 0 Å². The van der Waals surface area contributed by atoms with Crippen LogP contribution in [-0.4, -0.2) is 18.9 Å². The molecule has 0 saturated carbocycles. The minimum absolute atomic E-state index is 0. The molecule has 0 bridgehead atoms. The molecule has 0 fully saturated rings. The van der Waals surface area contributed by atoms with E-state index in [0.717, 1.165) is 9.13 Å². The first-order valence-electron chi connectivity index (χ1n) is 2.49. The van der Waals surface area contributed by atoms with Gasteiger partial charge in [-0.2, -0.15) is 5.26 Å². The van der Waals surface area contributed by atoms with Crippen molar-refractivity contribution in [1.82, 2.24) is 0 Å². The molecule has 0 spiro atoms. The van der Waals surface area contributed by atoms with Crippen LogP contribution in [0.25, 0.3) is 0 Å². The molecule has 0 aliphatic rings. The fourth-order valence-corrected chi connectivity index (χ4v) is 1.06. The second kappa shape index (κ2) is 4.79. The monoisotopic (exact) mass is 236 g/mol. The Morgan fingerprint density at radius 3 is 2.30 bits per heavy atom. The minimum atomic E-state index is 0. The molecular weight excluding hydrogens is 232 g/mol. The Morgan fingerprint density at radius 1 is 1.30 bits per heavy atom. The quantitative estimate of drug-likeness (QED) is 0.497. The topological polar surface area (TPSA) is 23.8 Å². The Morgan fingerprint density at radius 2 is 1.90 bits per heavy atom. The van der Waals surface area contributed by atoms with Crippen LogP contribution in [0.2, 0.25) is 0 Å². The molecule has 0 heterocycles. The summed E-state index contributed by atoms with van der Waals surface area (Å²) in [6.45, 7) is 0. The summed E-state index contributed by atoms with van der Waals surface area (Å²) >= 11 is 2.14. The van der Waals surface area contributed by atoms with Crippen molar-refractivity contribution < 1.29 is 0 Å². The van der Waals surface area contributed by atoms with E-state index in [2.05, 4.69) is 28.7 Å². The van der Waals surface area contributed by atoms with Gasteiger partial charge in [-0.1, -0.05) is 12.1 Å². The van der Waals surface area contributed by atoms with Gasteiger partial charge in [0, 0.05) is 22.4 Å². The Bertz CT molecular complexity index is 254. The maximum absolute atomic E-state index is 8.46. The number of halogens is 1. The number of hydrogen-bond donors (Lipinski definition) is 0. The van der Waals surface area contributed by atoms with E-state index in [1.54, 1.807) is 0 Å². The SMILES string of the molecule is N#Cc1ccccc1I.[Li]. The van der Waals surface area contributed by atoms with Gasteiger partial charge in [0.2, 0.25) is 0 Å².